The third-order valence-electron chi connectivity index (χ3n) is 8.49. The zero-order chi connectivity index (χ0) is 27.5. The van der Waals surface area contributed by atoms with Gasteiger partial charge in [0.1, 0.15) is 17.5 Å². The summed E-state index contributed by atoms with van der Waals surface area (Å²) in [6, 6.07) is 6.81. The van der Waals surface area contributed by atoms with Gasteiger partial charge in [-0.15, -0.1) is 0 Å². The fourth-order valence-corrected chi connectivity index (χ4v) is 6.08. The topological polar surface area (TPSA) is 49.4 Å². The number of piperidine rings is 1. The molecule has 0 aromatic heterocycles. The van der Waals surface area contributed by atoms with Crippen molar-refractivity contribution in [1.29, 1.82) is 0 Å². The Morgan fingerprint density at radius 3 is 2.56 bits per heavy atom. The average molecular weight is 550 g/mol. The van der Waals surface area contributed by atoms with Crippen LogP contribution in [0.1, 0.15) is 36.8 Å². The van der Waals surface area contributed by atoms with Gasteiger partial charge in [-0.1, -0.05) is 30.8 Å². The van der Waals surface area contributed by atoms with E-state index in [0.29, 0.717) is 6.04 Å². The molecule has 0 radical (unpaired) electrons. The Morgan fingerprint density at radius 2 is 1.79 bits per heavy atom. The number of aliphatic imine (C=N–C) groups is 1. The van der Waals surface area contributed by atoms with Crippen LogP contribution in [0.15, 0.2) is 65.7 Å². The third kappa shape index (κ3) is 6.37. The van der Waals surface area contributed by atoms with Crippen LogP contribution < -0.4 is 10.6 Å². The van der Waals surface area contributed by atoms with Gasteiger partial charge < -0.3 is 30.2 Å². The molecule has 2 fully saturated rings. The number of nitrogens with one attached hydrogen (secondary N) is 2. The summed E-state index contributed by atoms with van der Waals surface area (Å²) in [4.78, 5) is 14.5. The maximum absolute atomic E-state index is 6.52. The van der Waals surface area contributed by atoms with Gasteiger partial charge in [0.15, 0.2) is 0 Å². The molecule has 2 saturated heterocycles. The minimum absolute atomic E-state index is 0.186. The molecule has 210 valence electrons. The molecular weight excluding hydrogens is 506 g/mol. The van der Waals surface area contributed by atoms with E-state index >= 15 is 0 Å². The van der Waals surface area contributed by atoms with Gasteiger partial charge in [0.05, 0.1) is 12.1 Å². The van der Waals surface area contributed by atoms with Crippen molar-refractivity contribution in [2.24, 2.45) is 4.99 Å². The highest BCUT2D eigenvalue weighted by Crippen LogP contribution is 2.34. The van der Waals surface area contributed by atoms with Gasteiger partial charge in [0, 0.05) is 69.2 Å². The number of aryl methyl sites for hydroxylation is 1. The van der Waals surface area contributed by atoms with E-state index in [4.69, 9.17) is 16.6 Å². The van der Waals surface area contributed by atoms with Gasteiger partial charge in [-0.2, -0.15) is 0 Å². The second-order valence-electron chi connectivity index (χ2n) is 11.4. The summed E-state index contributed by atoms with van der Waals surface area (Å²) in [5.74, 6) is 3.07. The second kappa shape index (κ2) is 12.2. The highest BCUT2D eigenvalue weighted by molar-refractivity contribution is 6.30. The van der Waals surface area contributed by atoms with Crippen LogP contribution in [0.2, 0.25) is 5.02 Å². The molecule has 0 aliphatic carbocycles. The van der Waals surface area contributed by atoms with E-state index in [1.165, 1.54) is 17.5 Å². The van der Waals surface area contributed by atoms with Gasteiger partial charge in [-0.3, -0.25) is 4.99 Å². The van der Waals surface area contributed by atoms with Crippen molar-refractivity contribution in [3.8, 4) is 0 Å². The van der Waals surface area contributed by atoms with Gasteiger partial charge in [0.2, 0.25) is 0 Å². The van der Waals surface area contributed by atoms with Crippen molar-refractivity contribution >= 4 is 23.1 Å². The van der Waals surface area contributed by atoms with Crippen molar-refractivity contribution in [3.63, 3.8) is 0 Å². The van der Waals surface area contributed by atoms with Crippen LogP contribution >= 0.6 is 11.6 Å². The van der Waals surface area contributed by atoms with E-state index in [9.17, 15) is 0 Å². The van der Waals surface area contributed by atoms with Crippen LogP contribution in [0, 0.1) is 0 Å². The van der Waals surface area contributed by atoms with Gasteiger partial charge in [-0.05, 0) is 75.0 Å². The standard InChI is InChI=1S/C31H44ClN7/c1-22-17-30-35-29(34-26-20-33-21-26)19-31(38(30)5)37(4)16-15-36(3)13-8-9-24-11-12-25(32)18-27(24)23(2)39-14-7-6-10-28(22)39/h11-12,17-19,26,28,33H,1-2,6-10,13-16,20-21H2,3-5H3,(H,34,35)/b30-17-. The predicted octanol–water partition coefficient (Wildman–Crippen LogP) is 4.12. The van der Waals surface area contributed by atoms with Crippen LogP contribution in [0.5, 0.6) is 0 Å². The summed E-state index contributed by atoms with van der Waals surface area (Å²) in [5, 5.41) is 7.70. The van der Waals surface area contributed by atoms with E-state index in [0.717, 1.165) is 98.7 Å². The largest absolute Gasteiger partial charge is 0.364 e. The van der Waals surface area contributed by atoms with Crippen LogP contribution in [0.3, 0.4) is 0 Å². The Labute approximate surface area is 239 Å². The first-order valence-corrected chi connectivity index (χ1v) is 14.7. The quantitative estimate of drug-likeness (QED) is 0.550. The fourth-order valence-electron chi connectivity index (χ4n) is 5.91. The fraction of sp³-hybridized carbons (Fsp3) is 0.516. The zero-order valence-electron chi connectivity index (χ0n) is 23.8. The molecule has 7 nitrogen and oxygen atoms in total. The van der Waals surface area contributed by atoms with E-state index in [-0.39, 0.29) is 6.04 Å². The normalized spacial score (nSPS) is 26.6. The van der Waals surface area contributed by atoms with Crippen molar-refractivity contribution in [1.82, 2.24) is 30.2 Å². The predicted molar refractivity (Wildman–Crippen MR) is 164 cm³/mol. The summed E-state index contributed by atoms with van der Waals surface area (Å²) >= 11 is 6.52. The van der Waals surface area contributed by atoms with E-state index in [1.807, 2.05) is 6.07 Å². The van der Waals surface area contributed by atoms with E-state index < -0.39 is 0 Å². The van der Waals surface area contributed by atoms with Crippen molar-refractivity contribution in [2.75, 3.05) is 60.4 Å². The molecule has 1 atom stereocenters. The Hall–Kier alpha value is -2.74. The van der Waals surface area contributed by atoms with Gasteiger partial charge in [0.25, 0.3) is 0 Å². The van der Waals surface area contributed by atoms with Gasteiger partial charge in [-0.25, -0.2) is 0 Å². The summed E-state index contributed by atoms with van der Waals surface area (Å²) in [6.07, 6.45) is 9.89. The number of fused-ring (bicyclic) bond motifs is 4. The van der Waals surface area contributed by atoms with E-state index in [1.54, 1.807) is 0 Å². The number of nitrogens with zero attached hydrogens (tertiary/aromatic N) is 5. The summed E-state index contributed by atoms with van der Waals surface area (Å²) < 4.78 is 0. The Balaban J connectivity index is 1.52. The monoisotopic (exact) mass is 549 g/mol. The minimum atomic E-state index is 0.186. The molecule has 4 aliphatic heterocycles. The molecule has 1 aromatic rings. The molecule has 8 heteroatoms. The van der Waals surface area contributed by atoms with Crippen LogP contribution in [0.4, 0.5) is 0 Å². The molecule has 0 amide bonds. The maximum atomic E-state index is 6.52. The first kappa shape index (κ1) is 27.8. The summed E-state index contributed by atoms with van der Waals surface area (Å²) in [6.45, 7) is 15.0. The number of rotatable bonds is 1. The highest BCUT2D eigenvalue weighted by Gasteiger charge is 2.29. The lowest BCUT2D eigenvalue weighted by Gasteiger charge is -2.41. The number of benzene rings is 1. The van der Waals surface area contributed by atoms with Crippen molar-refractivity contribution in [3.05, 3.63) is 76.9 Å². The lowest BCUT2D eigenvalue weighted by molar-refractivity contribution is 0.244. The first-order valence-electron chi connectivity index (χ1n) is 14.4. The second-order valence-corrected chi connectivity index (χ2v) is 11.8. The number of amidine groups is 1. The molecule has 1 unspecified atom stereocenters. The number of hydrogen-bond acceptors (Lipinski definition) is 6. The average Bonchev–Trinajstić information content (AvgIpc) is 2.90. The van der Waals surface area contributed by atoms with Crippen LogP contribution in [-0.2, 0) is 6.42 Å². The lowest BCUT2D eigenvalue weighted by atomic mass is 9.92. The van der Waals surface area contributed by atoms with Crippen molar-refractivity contribution in [2.45, 2.75) is 44.2 Å². The molecule has 0 spiro atoms. The smallest absolute Gasteiger partial charge is 0.130 e. The SMILES string of the molecule is C=C1/C=C2/NC(=NC3CNC3)C=C(N(C)CCN(C)CCCc3ccc(Cl)cc3C(=C)N3CCCCC13)N2C. The Bertz CT molecular complexity index is 1180. The molecular formula is C31H44ClN7. The molecule has 2 N–H and O–H groups in total. The minimum Gasteiger partial charge on any atom is -0.364 e. The molecule has 4 heterocycles. The molecule has 2 bridgehead atoms. The Morgan fingerprint density at radius 1 is 0.974 bits per heavy atom. The number of likely N-dealkylation sites (N-methyl/N-ethyl adjacent to an activating group) is 2. The molecule has 39 heavy (non-hydrogen) atoms. The van der Waals surface area contributed by atoms with Crippen molar-refractivity contribution < 1.29 is 0 Å². The third-order valence-corrected chi connectivity index (χ3v) is 8.72. The number of hydrogen-bond donors (Lipinski definition) is 2. The summed E-state index contributed by atoms with van der Waals surface area (Å²) in [7, 11) is 6.52. The van der Waals surface area contributed by atoms with E-state index in [2.05, 4.69) is 88.8 Å². The Kier molecular flexibility index (Phi) is 8.70. The van der Waals surface area contributed by atoms with Crippen LogP contribution in [0.25, 0.3) is 5.70 Å². The molecule has 0 saturated carbocycles. The number of halogens is 1. The van der Waals surface area contributed by atoms with Gasteiger partial charge >= 0.3 is 0 Å². The molecule has 1 aromatic carbocycles. The highest BCUT2D eigenvalue weighted by atomic mass is 35.5. The molecule has 5 rings (SSSR count). The molecule has 4 aliphatic rings. The first-order chi connectivity index (χ1) is 18.8. The zero-order valence-corrected chi connectivity index (χ0v) is 24.6. The summed E-state index contributed by atoms with van der Waals surface area (Å²) in [5.41, 5.74) is 4.63. The van der Waals surface area contributed by atoms with Crippen LogP contribution in [-0.4, -0.2) is 97.9 Å². The maximum Gasteiger partial charge on any atom is 0.130 e. The lowest BCUT2D eigenvalue weighted by Crippen LogP contribution is -2.48.